The van der Waals surface area contributed by atoms with Crippen LogP contribution in [0.1, 0.15) is 23.2 Å². The Labute approximate surface area is 192 Å². The van der Waals surface area contributed by atoms with E-state index in [1.165, 1.54) is 7.11 Å². The maximum absolute atomic E-state index is 12.7. The van der Waals surface area contributed by atoms with Gasteiger partial charge in [0, 0.05) is 30.3 Å². The van der Waals surface area contributed by atoms with Gasteiger partial charge in [-0.15, -0.1) is 10.2 Å². The van der Waals surface area contributed by atoms with Gasteiger partial charge in [-0.25, -0.2) is 4.79 Å². The van der Waals surface area contributed by atoms with Crippen LogP contribution in [0.5, 0.6) is 5.75 Å². The average molecular weight is 447 g/mol. The number of nitrogens with one attached hydrogen (secondary N) is 1. The summed E-state index contributed by atoms with van der Waals surface area (Å²) in [7, 11) is 2.98. The summed E-state index contributed by atoms with van der Waals surface area (Å²) < 4.78 is 9.88. The summed E-state index contributed by atoms with van der Waals surface area (Å²) in [4.78, 5) is 26.4. The van der Waals surface area contributed by atoms with Crippen molar-refractivity contribution >= 4 is 23.4 Å². The van der Waals surface area contributed by atoms with Crippen LogP contribution < -0.4 is 15.0 Å². The molecule has 33 heavy (non-hydrogen) atoms. The Morgan fingerprint density at radius 3 is 2.18 bits per heavy atom. The van der Waals surface area contributed by atoms with Crippen LogP contribution in [0, 0.1) is 5.92 Å². The number of anilines is 2. The van der Waals surface area contributed by atoms with E-state index in [4.69, 9.17) is 9.47 Å². The summed E-state index contributed by atoms with van der Waals surface area (Å²) >= 11 is 0. The molecular formula is C25H26N4O4. The van der Waals surface area contributed by atoms with Crippen molar-refractivity contribution in [2.45, 2.75) is 12.8 Å². The van der Waals surface area contributed by atoms with Crippen molar-refractivity contribution in [1.82, 2.24) is 10.2 Å². The molecule has 0 aliphatic carbocycles. The van der Waals surface area contributed by atoms with Crippen molar-refractivity contribution in [2.24, 2.45) is 5.92 Å². The van der Waals surface area contributed by atoms with Gasteiger partial charge in [0.15, 0.2) is 5.82 Å². The Bertz CT molecular complexity index is 1090. The number of methoxy groups -OCH3 is 2. The molecule has 0 atom stereocenters. The number of nitrogens with zero attached hydrogens (tertiary/aromatic N) is 3. The lowest BCUT2D eigenvalue weighted by atomic mass is 9.95. The third-order valence-corrected chi connectivity index (χ3v) is 5.80. The fraction of sp³-hybridized carbons (Fsp3) is 0.280. The monoisotopic (exact) mass is 446 g/mol. The second kappa shape index (κ2) is 10.1. The highest BCUT2D eigenvalue weighted by Crippen LogP contribution is 2.25. The van der Waals surface area contributed by atoms with E-state index in [0.29, 0.717) is 11.3 Å². The second-order valence-corrected chi connectivity index (χ2v) is 7.82. The highest BCUT2D eigenvalue weighted by Gasteiger charge is 2.26. The van der Waals surface area contributed by atoms with E-state index in [-0.39, 0.29) is 11.8 Å². The third kappa shape index (κ3) is 5.28. The number of ether oxygens (including phenoxy) is 2. The van der Waals surface area contributed by atoms with Crippen LogP contribution in [0.4, 0.5) is 11.5 Å². The van der Waals surface area contributed by atoms with E-state index >= 15 is 0 Å². The zero-order valence-electron chi connectivity index (χ0n) is 18.7. The van der Waals surface area contributed by atoms with Crippen LogP contribution in [0.3, 0.4) is 0 Å². The average Bonchev–Trinajstić information content (AvgIpc) is 2.89. The lowest BCUT2D eigenvalue weighted by Gasteiger charge is -2.31. The summed E-state index contributed by atoms with van der Waals surface area (Å²) in [6, 6.07) is 18.3. The number of aromatic nitrogens is 2. The normalized spacial score (nSPS) is 13.9. The summed E-state index contributed by atoms with van der Waals surface area (Å²) in [5.74, 6) is 1.12. The maximum Gasteiger partial charge on any atom is 0.337 e. The van der Waals surface area contributed by atoms with E-state index in [1.54, 1.807) is 31.4 Å². The molecule has 1 saturated heterocycles. The topological polar surface area (TPSA) is 93.7 Å². The van der Waals surface area contributed by atoms with Gasteiger partial charge in [-0.1, -0.05) is 0 Å². The summed E-state index contributed by atoms with van der Waals surface area (Å²) in [6.07, 6.45) is 1.46. The molecule has 0 bridgehead atoms. The number of carbonyl (C=O) groups is 2. The number of amides is 1. The Morgan fingerprint density at radius 1 is 0.909 bits per heavy atom. The molecule has 8 nitrogen and oxygen atoms in total. The van der Waals surface area contributed by atoms with Crippen LogP contribution in [0.2, 0.25) is 0 Å². The number of benzene rings is 2. The van der Waals surface area contributed by atoms with Crippen LogP contribution >= 0.6 is 0 Å². The van der Waals surface area contributed by atoms with Crippen molar-refractivity contribution in [3.05, 3.63) is 66.2 Å². The lowest BCUT2D eigenvalue weighted by Crippen LogP contribution is -2.38. The molecule has 4 rings (SSSR count). The van der Waals surface area contributed by atoms with Crippen molar-refractivity contribution in [2.75, 3.05) is 37.5 Å². The third-order valence-electron chi connectivity index (χ3n) is 5.80. The standard InChI is InChI=1S/C25H26N4O4/c1-32-21-9-5-17(6-10-21)22-11-12-23(28-27-22)29-15-13-18(14-16-29)24(30)26-20-7-3-19(4-8-20)25(31)33-2/h3-12,18H,13-16H2,1-2H3,(H,26,30). The van der Waals surface area contributed by atoms with E-state index in [0.717, 1.165) is 48.8 Å². The minimum atomic E-state index is -0.402. The summed E-state index contributed by atoms with van der Waals surface area (Å²) in [5, 5.41) is 11.7. The predicted molar refractivity (Wildman–Crippen MR) is 125 cm³/mol. The van der Waals surface area contributed by atoms with Crippen molar-refractivity contribution < 1.29 is 19.1 Å². The number of hydrogen-bond acceptors (Lipinski definition) is 7. The van der Waals surface area contributed by atoms with Gasteiger partial charge >= 0.3 is 5.97 Å². The smallest absolute Gasteiger partial charge is 0.337 e. The molecule has 1 aliphatic heterocycles. The lowest BCUT2D eigenvalue weighted by molar-refractivity contribution is -0.120. The molecule has 8 heteroatoms. The first-order valence-corrected chi connectivity index (χ1v) is 10.8. The molecule has 1 N–H and O–H groups in total. The SMILES string of the molecule is COC(=O)c1ccc(NC(=O)C2CCN(c3ccc(-c4ccc(OC)cc4)nn3)CC2)cc1. The van der Waals surface area contributed by atoms with Crippen LogP contribution in [0.15, 0.2) is 60.7 Å². The molecule has 3 aromatic rings. The molecule has 2 aromatic carbocycles. The quantitative estimate of drug-likeness (QED) is 0.576. The molecule has 0 unspecified atom stereocenters. The Hall–Kier alpha value is -3.94. The largest absolute Gasteiger partial charge is 0.497 e. The Kier molecular flexibility index (Phi) is 6.83. The number of carbonyl (C=O) groups excluding carboxylic acids is 2. The van der Waals surface area contributed by atoms with Gasteiger partial charge in [0.2, 0.25) is 5.91 Å². The van der Waals surface area contributed by atoms with Gasteiger partial charge < -0.3 is 19.7 Å². The molecular weight excluding hydrogens is 420 g/mol. The first-order chi connectivity index (χ1) is 16.1. The molecule has 1 fully saturated rings. The number of hydrogen-bond donors (Lipinski definition) is 1. The molecule has 170 valence electrons. The van der Waals surface area contributed by atoms with Crippen LogP contribution in [-0.2, 0) is 9.53 Å². The molecule has 1 amide bonds. The summed E-state index contributed by atoms with van der Waals surface area (Å²) in [5.41, 5.74) is 2.89. The van der Waals surface area contributed by atoms with Gasteiger partial charge in [-0.2, -0.15) is 0 Å². The van der Waals surface area contributed by atoms with E-state index in [1.807, 2.05) is 36.4 Å². The molecule has 0 spiro atoms. The van der Waals surface area contributed by atoms with Gasteiger partial charge in [-0.05, 0) is 73.5 Å². The zero-order valence-corrected chi connectivity index (χ0v) is 18.7. The molecule has 1 aliphatic rings. The zero-order chi connectivity index (χ0) is 23.2. The van der Waals surface area contributed by atoms with E-state index < -0.39 is 5.97 Å². The fourth-order valence-corrected chi connectivity index (χ4v) is 3.83. The first-order valence-electron chi connectivity index (χ1n) is 10.8. The van der Waals surface area contributed by atoms with E-state index in [2.05, 4.69) is 20.4 Å². The molecule has 1 aromatic heterocycles. The highest BCUT2D eigenvalue weighted by atomic mass is 16.5. The number of esters is 1. The molecule has 0 radical (unpaired) electrons. The molecule has 2 heterocycles. The Balaban J connectivity index is 1.30. The minimum Gasteiger partial charge on any atom is -0.497 e. The van der Waals surface area contributed by atoms with Gasteiger partial charge in [0.25, 0.3) is 0 Å². The fourth-order valence-electron chi connectivity index (χ4n) is 3.83. The van der Waals surface area contributed by atoms with Crippen LogP contribution in [-0.4, -0.2) is 49.4 Å². The van der Waals surface area contributed by atoms with Crippen molar-refractivity contribution in [3.63, 3.8) is 0 Å². The minimum absolute atomic E-state index is 0.0126. The number of piperidine rings is 1. The predicted octanol–water partition coefficient (Wildman–Crippen LogP) is 3.79. The number of rotatable bonds is 6. The van der Waals surface area contributed by atoms with Crippen molar-refractivity contribution in [1.29, 1.82) is 0 Å². The second-order valence-electron chi connectivity index (χ2n) is 7.82. The Morgan fingerprint density at radius 2 is 1.61 bits per heavy atom. The van der Waals surface area contributed by atoms with Crippen LogP contribution in [0.25, 0.3) is 11.3 Å². The molecule has 0 saturated carbocycles. The van der Waals surface area contributed by atoms with Gasteiger partial charge in [0.1, 0.15) is 5.75 Å². The van der Waals surface area contributed by atoms with E-state index in [9.17, 15) is 9.59 Å². The highest BCUT2D eigenvalue weighted by molar-refractivity contribution is 5.94. The van der Waals surface area contributed by atoms with Crippen molar-refractivity contribution in [3.8, 4) is 17.0 Å². The van der Waals surface area contributed by atoms with Gasteiger partial charge in [0.05, 0.1) is 25.5 Å². The van der Waals surface area contributed by atoms with Gasteiger partial charge in [-0.3, -0.25) is 4.79 Å². The first kappa shape index (κ1) is 22.3. The summed E-state index contributed by atoms with van der Waals surface area (Å²) in [6.45, 7) is 1.46. The maximum atomic E-state index is 12.7.